The highest BCUT2D eigenvalue weighted by molar-refractivity contribution is 14.0. The second kappa shape index (κ2) is 10.5. The number of anilines is 1. The van der Waals surface area contributed by atoms with E-state index in [1.807, 2.05) is 18.2 Å². The van der Waals surface area contributed by atoms with Crippen molar-refractivity contribution < 1.29 is 13.2 Å². The van der Waals surface area contributed by atoms with Gasteiger partial charge < -0.3 is 15.1 Å². The van der Waals surface area contributed by atoms with E-state index in [2.05, 4.69) is 25.1 Å². The normalized spacial score (nSPS) is 21.6. The fraction of sp³-hybridized carbons (Fsp3) is 0.667. The molecule has 3 heterocycles. The van der Waals surface area contributed by atoms with E-state index in [0.717, 1.165) is 44.4 Å². The first kappa shape index (κ1) is 23.0. The van der Waals surface area contributed by atoms with Crippen LogP contribution in [0.2, 0.25) is 0 Å². The molecule has 2 fully saturated rings. The number of halogens is 4. The minimum atomic E-state index is -4.12. The van der Waals surface area contributed by atoms with Gasteiger partial charge in [-0.1, -0.05) is 6.07 Å². The monoisotopic (exact) mass is 512 g/mol. The molecular weight excluding hydrogens is 484 g/mol. The van der Waals surface area contributed by atoms with Crippen LogP contribution in [0.15, 0.2) is 29.4 Å². The Labute approximate surface area is 181 Å². The van der Waals surface area contributed by atoms with Crippen LogP contribution < -0.4 is 10.2 Å². The summed E-state index contributed by atoms with van der Waals surface area (Å²) in [5.74, 6) is 2.03. The molecule has 0 aromatic carbocycles. The molecule has 6 nitrogen and oxygen atoms in total. The Morgan fingerprint density at radius 2 is 1.96 bits per heavy atom. The molecule has 2 saturated heterocycles. The van der Waals surface area contributed by atoms with Gasteiger partial charge in [0.15, 0.2) is 5.96 Å². The number of hydrogen-bond donors (Lipinski definition) is 1. The molecule has 0 bridgehead atoms. The van der Waals surface area contributed by atoms with Crippen molar-refractivity contribution in [2.24, 2.45) is 10.9 Å². The summed E-state index contributed by atoms with van der Waals surface area (Å²) in [5, 5.41) is 3.35. The Bertz CT molecular complexity index is 619. The molecule has 158 valence electrons. The van der Waals surface area contributed by atoms with Crippen LogP contribution in [0.5, 0.6) is 0 Å². The van der Waals surface area contributed by atoms with E-state index in [0.29, 0.717) is 19.6 Å². The van der Waals surface area contributed by atoms with E-state index < -0.39 is 12.7 Å². The molecule has 28 heavy (non-hydrogen) atoms. The highest BCUT2D eigenvalue weighted by Gasteiger charge is 2.34. The number of piperazine rings is 1. The molecule has 10 heteroatoms. The summed E-state index contributed by atoms with van der Waals surface area (Å²) in [7, 11) is 1.75. The number of pyridine rings is 1. The third kappa shape index (κ3) is 6.64. The summed E-state index contributed by atoms with van der Waals surface area (Å²) in [6.07, 6.45) is -1.54. The van der Waals surface area contributed by atoms with Crippen LogP contribution in [0.3, 0.4) is 0 Å². The van der Waals surface area contributed by atoms with Crippen LogP contribution in [0.25, 0.3) is 0 Å². The minimum absolute atomic E-state index is 0. The van der Waals surface area contributed by atoms with E-state index in [1.54, 1.807) is 13.2 Å². The summed E-state index contributed by atoms with van der Waals surface area (Å²) in [4.78, 5) is 14.7. The Balaban J connectivity index is 0.00000280. The predicted molar refractivity (Wildman–Crippen MR) is 115 cm³/mol. The van der Waals surface area contributed by atoms with Gasteiger partial charge in [0.25, 0.3) is 0 Å². The number of nitrogens with zero attached hydrogens (tertiary/aromatic N) is 5. The molecule has 0 radical (unpaired) electrons. The van der Waals surface area contributed by atoms with Crippen LogP contribution >= 0.6 is 24.0 Å². The van der Waals surface area contributed by atoms with Crippen molar-refractivity contribution in [2.75, 3.05) is 64.3 Å². The number of aromatic nitrogens is 1. The molecule has 0 saturated carbocycles. The summed E-state index contributed by atoms with van der Waals surface area (Å²) in [6.45, 7) is 4.22. The summed E-state index contributed by atoms with van der Waals surface area (Å²) in [6, 6.07) is 5.90. The molecule has 0 amide bonds. The maximum Gasteiger partial charge on any atom is 0.401 e. The highest BCUT2D eigenvalue weighted by Crippen LogP contribution is 2.22. The standard InChI is InChI=1S/C18H27F3N6.HI/c1-22-17(24-12-15-5-7-25(13-15)14-18(19,20)21)27-10-8-26(9-11-27)16-4-2-3-6-23-16;/h2-4,6,15H,5,7-14H2,1H3,(H,22,24);1H. The molecule has 1 aromatic heterocycles. The van der Waals surface area contributed by atoms with Crippen molar-refractivity contribution >= 4 is 35.8 Å². The van der Waals surface area contributed by atoms with Gasteiger partial charge in [0.1, 0.15) is 5.82 Å². The van der Waals surface area contributed by atoms with Crippen LogP contribution in [-0.2, 0) is 0 Å². The average Bonchev–Trinajstić information content (AvgIpc) is 3.09. The minimum Gasteiger partial charge on any atom is -0.356 e. The molecule has 2 aliphatic rings. The van der Waals surface area contributed by atoms with Gasteiger partial charge in [0, 0.05) is 52.5 Å². The number of hydrogen-bond acceptors (Lipinski definition) is 4. The Hall–Kier alpha value is -1.30. The molecular formula is C18H28F3IN6. The van der Waals surface area contributed by atoms with E-state index >= 15 is 0 Å². The van der Waals surface area contributed by atoms with Crippen LogP contribution in [0, 0.1) is 5.92 Å². The zero-order valence-electron chi connectivity index (χ0n) is 16.0. The molecule has 1 atom stereocenters. The van der Waals surface area contributed by atoms with E-state index in [9.17, 15) is 13.2 Å². The Morgan fingerprint density at radius 3 is 2.57 bits per heavy atom. The lowest BCUT2D eigenvalue weighted by Gasteiger charge is -2.37. The second-order valence-corrected chi connectivity index (χ2v) is 7.10. The number of aliphatic imine (C=N–C) groups is 1. The lowest BCUT2D eigenvalue weighted by Crippen LogP contribution is -2.53. The average molecular weight is 512 g/mol. The molecule has 0 spiro atoms. The maximum atomic E-state index is 12.5. The third-order valence-corrected chi connectivity index (χ3v) is 5.09. The van der Waals surface area contributed by atoms with Gasteiger partial charge in [-0.05, 0) is 31.0 Å². The van der Waals surface area contributed by atoms with Gasteiger partial charge >= 0.3 is 6.18 Å². The SMILES string of the molecule is CN=C(NCC1CCN(CC(F)(F)F)C1)N1CCN(c2ccccn2)CC1.I. The summed E-state index contributed by atoms with van der Waals surface area (Å²) >= 11 is 0. The van der Waals surface area contributed by atoms with Gasteiger partial charge in [0.05, 0.1) is 6.54 Å². The topological polar surface area (TPSA) is 47.0 Å². The lowest BCUT2D eigenvalue weighted by molar-refractivity contribution is -0.143. The summed E-state index contributed by atoms with van der Waals surface area (Å²) in [5.41, 5.74) is 0. The highest BCUT2D eigenvalue weighted by atomic mass is 127. The molecule has 0 aliphatic carbocycles. The number of nitrogens with one attached hydrogen (secondary N) is 1. The zero-order valence-corrected chi connectivity index (χ0v) is 18.4. The van der Waals surface area contributed by atoms with Crippen molar-refractivity contribution in [3.8, 4) is 0 Å². The van der Waals surface area contributed by atoms with Gasteiger partial charge in [-0.2, -0.15) is 13.2 Å². The number of rotatable bonds is 4. The van der Waals surface area contributed by atoms with Crippen molar-refractivity contribution in [1.29, 1.82) is 0 Å². The smallest absolute Gasteiger partial charge is 0.356 e. The predicted octanol–water partition coefficient (Wildman–Crippen LogP) is 2.28. The first-order valence-electron chi connectivity index (χ1n) is 9.35. The number of guanidine groups is 1. The first-order valence-corrected chi connectivity index (χ1v) is 9.35. The molecule has 2 aliphatic heterocycles. The largest absolute Gasteiger partial charge is 0.401 e. The molecule has 1 unspecified atom stereocenters. The van der Waals surface area contributed by atoms with Crippen LogP contribution in [0.1, 0.15) is 6.42 Å². The second-order valence-electron chi connectivity index (χ2n) is 7.10. The molecule has 3 rings (SSSR count). The van der Waals surface area contributed by atoms with Gasteiger partial charge in [-0.3, -0.25) is 9.89 Å². The number of likely N-dealkylation sites (tertiary alicyclic amines) is 1. The van der Waals surface area contributed by atoms with Crippen molar-refractivity contribution in [1.82, 2.24) is 20.1 Å². The molecule has 1 N–H and O–H groups in total. The fourth-order valence-electron chi connectivity index (χ4n) is 3.73. The van der Waals surface area contributed by atoms with Gasteiger partial charge in [-0.25, -0.2) is 4.98 Å². The van der Waals surface area contributed by atoms with Crippen LogP contribution in [-0.4, -0.2) is 86.3 Å². The van der Waals surface area contributed by atoms with Gasteiger partial charge in [0.2, 0.25) is 0 Å². The number of alkyl halides is 3. The van der Waals surface area contributed by atoms with E-state index in [-0.39, 0.29) is 29.9 Å². The summed E-state index contributed by atoms with van der Waals surface area (Å²) < 4.78 is 37.5. The Kier molecular flexibility index (Phi) is 8.59. The Morgan fingerprint density at radius 1 is 1.21 bits per heavy atom. The maximum absolute atomic E-state index is 12.5. The van der Waals surface area contributed by atoms with Crippen molar-refractivity contribution in [3.05, 3.63) is 24.4 Å². The van der Waals surface area contributed by atoms with Crippen LogP contribution in [0.4, 0.5) is 19.0 Å². The van der Waals surface area contributed by atoms with Gasteiger partial charge in [-0.15, -0.1) is 24.0 Å². The fourth-order valence-corrected chi connectivity index (χ4v) is 3.73. The van der Waals surface area contributed by atoms with E-state index in [1.165, 1.54) is 4.90 Å². The zero-order chi connectivity index (χ0) is 19.3. The lowest BCUT2D eigenvalue weighted by atomic mass is 10.1. The molecule has 1 aromatic rings. The third-order valence-electron chi connectivity index (χ3n) is 5.09. The first-order chi connectivity index (χ1) is 12.9. The van der Waals surface area contributed by atoms with Crippen molar-refractivity contribution in [2.45, 2.75) is 12.6 Å². The quantitative estimate of drug-likeness (QED) is 0.381. The van der Waals surface area contributed by atoms with E-state index in [4.69, 9.17) is 0 Å². The van der Waals surface area contributed by atoms with Crippen molar-refractivity contribution in [3.63, 3.8) is 0 Å².